The van der Waals surface area contributed by atoms with Gasteiger partial charge in [-0.2, -0.15) is 0 Å². The van der Waals surface area contributed by atoms with Crippen LogP contribution in [0.4, 0.5) is 0 Å². The number of amides is 1. The molecule has 1 unspecified atom stereocenters. The van der Waals surface area contributed by atoms with Crippen molar-refractivity contribution < 1.29 is 9.90 Å². The van der Waals surface area contributed by atoms with Gasteiger partial charge >= 0.3 is 0 Å². The topological polar surface area (TPSA) is 86.5 Å². The normalized spacial score (nSPS) is 20.5. The fourth-order valence-electron chi connectivity index (χ4n) is 4.45. The highest BCUT2D eigenvalue weighted by molar-refractivity contribution is 5.78. The molecule has 0 radical (unpaired) electrons. The van der Waals surface area contributed by atoms with E-state index in [0.29, 0.717) is 18.7 Å². The Morgan fingerprint density at radius 1 is 1.17 bits per heavy atom. The number of carbonyl (C=O) groups is 1. The van der Waals surface area contributed by atoms with Crippen LogP contribution in [0.5, 0.6) is 5.75 Å². The molecular formula is C22H32N6O2. The predicted molar refractivity (Wildman–Crippen MR) is 114 cm³/mol. The van der Waals surface area contributed by atoms with Gasteiger partial charge in [0, 0.05) is 52.1 Å². The van der Waals surface area contributed by atoms with Crippen LogP contribution in [0, 0.1) is 5.92 Å². The molecule has 1 saturated heterocycles. The Hall–Kier alpha value is -2.45. The Bertz CT molecular complexity index is 850. The number of phenolic OH excluding ortho intramolecular Hbond substituents is 1. The lowest BCUT2D eigenvalue weighted by atomic mass is 9.97. The fraction of sp³-hybridized carbons (Fsp3) is 0.591. The highest BCUT2D eigenvalue weighted by atomic mass is 16.3. The minimum Gasteiger partial charge on any atom is -0.508 e. The first-order valence-electron chi connectivity index (χ1n) is 11.0. The predicted octanol–water partition coefficient (Wildman–Crippen LogP) is 1.04. The smallest absolute Gasteiger partial charge is 0.224 e. The SMILES string of the molecule is CN1CCCC(C(=O)NCCc2nnc3n2CCN(Cc2ccc(O)cc2)CC3)C1. The number of benzene rings is 1. The summed E-state index contributed by atoms with van der Waals surface area (Å²) in [7, 11) is 2.08. The molecule has 1 aromatic carbocycles. The van der Waals surface area contributed by atoms with Crippen LogP contribution < -0.4 is 5.32 Å². The van der Waals surface area contributed by atoms with E-state index < -0.39 is 0 Å². The number of nitrogens with zero attached hydrogens (tertiary/aromatic N) is 5. The minimum atomic E-state index is 0.104. The van der Waals surface area contributed by atoms with Gasteiger partial charge in [-0.15, -0.1) is 10.2 Å². The zero-order valence-corrected chi connectivity index (χ0v) is 17.8. The zero-order chi connectivity index (χ0) is 20.9. The molecule has 1 amide bonds. The van der Waals surface area contributed by atoms with Crippen molar-refractivity contribution in [1.29, 1.82) is 0 Å². The van der Waals surface area contributed by atoms with E-state index >= 15 is 0 Å². The van der Waals surface area contributed by atoms with E-state index in [4.69, 9.17) is 0 Å². The first-order chi connectivity index (χ1) is 14.6. The van der Waals surface area contributed by atoms with E-state index in [0.717, 1.165) is 70.2 Å². The second-order valence-electron chi connectivity index (χ2n) is 8.52. The number of piperidine rings is 1. The third-order valence-electron chi connectivity index (χ3n) is 6.18. The fourth-order valence-corrected chi connectivity index (χ4v) is 4.45. The van der Waals surface area contributed by atoms with Crippen LogP contribution in [0.1, 0.15) is 30.1 Å². The van der Waals surface area contributed by atoms with E-state index in [1.807, 2.05) is 12.1 Å². The molecule has 0 bridgehead atoms. The van der Waals surface area contributed by atoms with Crippen LogP contribution >= 0.6 is 0 Å². The van der Waals surface area contributed by atoms with Gasteiger partial charge in [-0.1, -0.05) is 12.1 Å². The molecule has 3 heterocycles. The molecule has 8 nitrogen and oxygen atoms in total. The molecule has 2 N–H and O–H groups in total. The lowest BCUT2D eigenvalue weighted by molar-refractivity contribution is -0.126. The maximum absolute atomic E-state index is 12.5. The second kappa shape index (κ2) is 9.57. The number of hydrogen-bond donors (Lipinski definition) is 2. The molecule has 1 fully saturated rings. The average molecular weight is 413 g/mol. The van der Waals surface area contributed by atoms with Crippen molar-refractivity contribution in [2.75, 3.05) is 39.8 Å². The van der Waals surface area contributed by atoms with Gasteiger partial charge in [0.25, 0.3) is 0 Å². The number of likely N-dealkylation sites (tertiary alicyclic amines) is 1. The molecule has 2 aliphatic heterocycles. The van der Waals surface area contributed by atoms with Crippen molar-refractivity contribution in [1.82, 2.24) is 29.9 Å². The average Bonchev–Trinajstić information content (AvgIpc) is 3.01. The summed E-state index contributed by atoms with van der Waals surface area (Å²) in [5.74, 6) is 2.55. The molecule has 30 heavy (non-hydrogen) atoms. The van der Waals surface area contributed by atoms with Crippen molar-refractivity contribution in [2.45, 2.75) is 38.8 Å². The van der Waals surface area contributed by atoms with Gasteiger partial charge < -0.3 is 19.9 Å². The van der Waals surface area contributed by atoms with Gasteiger partial charge in [-0.3, -0.25) is 9.69 Å². The van der Waals surface area contributed by atoms with Gasteiger partial charge in [0.15, 0.2) is 0 Å². The number of hydrogen-bond acceptors (Lipinski definition) is 6. The molecular weight excluding hydrogens is 380 g/mol. The third kappa shape index (κ3) is 5.17. The van der Waals surface area contributed by atoms with Crippen molar-refractivity contribution in [2.24, 2.45) is 5.92 Å². The van der Waals surface area contributed by atoms with Crippen LogP contribution in [0.15, 0.2) is 24.3 Å². The largest absolute Gasteiger partial charge is 0.508 e. The highest BCUT2D eigenvalue weighted by Crippen LogP contribution is 2.16. The summed E-state index contributed by atoms with van der Waals surface area (Å²) >= 11 is 0. The Labute approximate surface area is 177 Å². The molecule has 0 aliphatic carbocycles. The summed E-state index contributed by atoms with van der Waals surface area (Å²) in [6.07, 6.45) is 3.64. The van der Waals surface area contributed by atoms with Crippen LogP contribution in [0.2, 0.25) is 0 Å². The summed E-state index contributed by atoms with van der Waals surface area (Å²) in [5, 5.41) is 21.3. The van der Waals surface area contributed by atoms with Crippen molar-refractivity contribution in [3.05, 3.63) is 41.5 Å². The number of aromatic hydroxyl groups is 1. The first-order valence-corrected chi connectivity index (χ1v) is 11.0. The Kier molecular flexibility index (Phi) is 6.64. The third-order valence-corrected chi connectivity index (χ3v) is 6.18. The molecule has 1 atom stereocenters. The summed E-state index contributed by atoms with van der Waals surface area (Å²) in [5.41, 5.74) is 1.20. The first kappa shape index (κ1) is 20.8. The lowest BCUT2D eigenvalue weighted by Crippen LogP contribution is -2.42. The number of phenols is 1. The standard InChI is InChI=1S/C22H32N6O2/c1-26-11-2-3-18(16-26)22(30)23-10-8-20-24-25-21-9-12-27(13-14-28(20)21)15-17-4-6-19(29)7-5-17/h4-7,18,29H,2-3,8-16H2,1H3,(H,23,30). The minimum absolute atomic E-state index is 0.104. The van der Waals surface area contributed by atoms with Crippen LogP contribution in [-0.4, -0.2) is 75.3 Å². The molecule has 162 valence electrons. The van der Waals surface area contributed by atoms with E-state index in [2.05, 4.69) is 36.9 Å². The van der Waals surface area contributed by atoms with E-state index in [1.165, 1.54) is 5.56 Å². The molecule has 8 heteroatoms. The summed E-state index contributed by atoms with van der Waals surface area (Å²) in [6, 6.07) is 7.41. The monoisotopic (exact) mass is 412 g/mol. The quantitative estimate of drug-likeness (QED) is 0.737. The number of rotatable bonds is 6. The number of aromatic nitrogens is 3. The molecule has 2 aliphatic rings. The van der Waals surface area contributed by atoms with Gasteiger partial charge in [0.2, 0.25) is 5.91 Å². The van der Waals surface area contributed by atoms with Crippen molar-refractivity contribution in [3.63, 3.8) is 0 Å². The summed E-state index contributed by atoms with van der Waals surface area (Å²) in [6.45, 7) is 6.12. The molecule has 0 spiro atoms. The number of fused-ring (bicyclic) bond motifs is 1. The van der Waals surface area contributed by atoms with Crippen molar-refractivity contribution in [3.8, 4) is 5.75 Å². The van der Waals surface area contributed by atoms with Gasteiger partial charge in [0.05, 0.1) is 5.92 Å². The van der Waals surface area contributed by atoms with Gasteiger partial charge in [-0.05, 0) is 44.1 Å². The molecule has 1 aromatic heterocycles. The summed E-state index contributed by atoms with van der Waals surface area (Å²) in [4.78, 5) is 17.1. The van der Waals surface area contributed by atoms with Crippen molar-refractivity contribution >= 4 is 5.91 Å². The van der Waals surface area contributed by atoms with Gasteiger partial charge in [0.1, 0.15) is 17.4 Å². The Morgan fingerprint density at radius 2 is 2.00 bits per heavy atom. The van der Waals surface area contributed by atoms with Gasteiger partial charge in [-0.25, -0.2) is 0 Å². The Balaban J connectivity index is 1.27. The van der Waals surface area contributed by atoms with Crippen LogP contribution in [0.3, 0.4) is 0 Å². The van der Waals surface area contributed by atoms with Crippen LogP contribution in [0.25, 0.3) is 0 Å². The molecule has 0 saturated carbocycles. The summed E-state index contributed by atoms with van der Waals surface area (Å²) < 4.78 is 2.22. The number of carbonyl (C=O) groups excluding carboxylic acids is 1. The maximum atomic E-state index is 12.5. The Morgan fingerprint density at radius 3 is 2.80 bits per heavy atom. The van der Waals surface area contributed by atoms with E-state index in [-0.39, 0.29) is 11.8 Å². The number of nitrogens with one attached hydrogen (secondary N) is 1. The molecule has 2 aromatic rings. The van der Waals surface area contributed by atoms with Crippen LogP contribution in [-0.2, 0) is 30.7 Å². The zero-order valence-electron chi connectivity index (χ0n) is 17.8. The maximum Gasteiger partial charge on any atom is 0.224 e. The van der Waals surface area contributed by atoms with E-state index in [1.54, 1.807) is 12.1 Å². The molecule has 4 rings (SSSR count). The van der Waals surface area contributed by atoms with E-state index in [9.17, 15) is 9.90 Å². The highest BCUT2D eigenvalue weighted by Gasteiger charge is 2.24. The second-order valence-corrected chi connectivity index (χ2v) is 8.52. The lowest BCUT2D eigenvalue weighted by Gasteiger charge is -2.28.